The smallest absolute Gasteiger partial charge is 0.0283 e. The molecule has 0 N–H and O–H groups in total. The van der Waals surface area contributed by atoms with Gasteiger partial charge in [0.1, 0.15) is 0 Å². The van der Waals surface area contributed by atoms with Crippen molar-refractivity contribution in [3.63, 3.8) is 0 Å². The van der Waals surface area contributed by atoms with Gasteiger partial charge in [-0.1, -0.05) is 19.1 Å². The normalized spacial score (nSPS) is 15.8. The first-order valence-electron chi connectivity index (χ1n) is 2.07. The van der Waals surface area contributed by atoms with Gasteiger partial charge in [-0.25, -0.2) is 0 Å². The van der Waals surface area contributed by atoms with Gasteiger partial charge in [-0.2, -0.15) is 0 Å². The van der Waals surface area contributed by atoms with Crippen molar-refractivity contribution in [3.8, 4) is 0 Å². The lowest BCUT2D eigenvalue weighted by Gasteiger charge is -1.53. The van der Waals surface area contributed by atoms with Gasteiger partial charge in [0.25, 0.3) is 0 Å². The van der Waals surface area contributed by atoms with Crippen molar-refractivity contribution in [3.05, 3.63) is 11.6 Å². The summed E-state index contributed by atoms with van der Waals surface area (Å²) in [6, 6.07) is 0. The lowest BCUT2D eigenvalue weighted by atomic mass is 10.6. The molecule has 0 heteroatoms. The number of allylic oxidation sites excluding steroid dienone is 2. The average molecular weight is 84.2 g/mol. The molecule has 1 saturated carbocycles. The van der Waals surface area contributed by atoms with Gasteiger partial charge < -0.3 is 0 Å². The minimum absolute atomic E-state index is 0. The second-order valence-corrected chi connectivity index (χ2v) is 1.45. The van der Waals surface area contributed by atoms with E-state index in [1.807, 2.05) is 0 Å². The van der Waals surface area contributed by atoms with E-state index in [-0.39, 0.29) is 7.43 Å². The predicted molar refractivity (Wildman–Crippen MR) is 29.7 cm³/mol. The van der Waals surface area contributed by atoms with Crippen molar-refractivity contribution in [1.82, 2.24) is 0 Å². The summed E-state index contributed by atoms with van der Waals surface area (Å²) in [4.78, 5) is 0. The number of hydrogen-bond acceptors (Lipinski definition) is 0. The molecule has 0 unspecified atom stereocenters. The Morgan fingerprint density at radius 2 is 2.00 bits per heavy atom. The van der Waals surface area contributed by atoms with Gasteiger partial charge in [-0.05, 0) is 19.8 Å². The molecule has 36 valence electrons. The molecule has 0 radical (unpaired) electrons. The van der Waals surface area contributed by atoms with Crippen molar-refractivity contribution in [2.45, 2.75) is 27.2 Å². The van der Waals surface area contributed by atoms with Gasteiger partial charge in [0.15, 0.2) is 0 Å². The van der Waals surface area contributed by atoms with E-state index in [0.717, 1.165) is 0 Å². The molecule has 0 aromatic rings. The van der Waals surface area contributed by atoms with E-state index in [4.69, 9.17) is 0 Å². The van der Waals surface area contributed by atoms with E-state index < -0.39 is 0 Å². The highest BCUT2D eigenvalue weighted by molar-refractivity contribution is 5.14. The zero-order valence-electron chi connectivity index (χ0n) is 3.49. The molecule has 0 saturated heterocycles. The topological polar surface area (TPSA) is 0 Å². The van der Waals surface area contributed by atoms with Crippen LogP contribution in [0.5, 0.6) is 0 Å². The van der Waals surface area contributed by atoms with E-state index in [9.17, 15) is 0 Å². The zero-order valence-corrected chi connectivity index (χ0v) is 3.49. The monoisotopic (exact) mass is 84.1 g/mol. The third kappa shape index (κ3) is 1.25. The standard InChI is InChI=1S/C5H8.CH4/c1-2-5-3-4-5;/h2H,3-4H2,1H3;1H4. The lowest BCUT2D eigenvalue weighted by Crippen LogP contribution is -1.31. The minimum Gasteiger partial charge on any atom is -0.0884 e. The molecule has 0 bridgehead atoms. The Balaban J connectivity index is 0.000000250. The Labute approximate surface area is 39.9 Å². The van der Waals surface area contributed by atoms with Crippen molar-refractivity contribution >= 4 is 0 Å². The highest BCUT2D eigenvalue weighted by atomic mass is 14.1. The van der Waals surface area contributed by atoms with Crippen LogP contribution in [0.3, 0.4) is 0 Å². The van der Waals surface area contributed by atoms with Crippen molar-refractivity contribution < 1.29 is 0 Å². The molecule has 1 fully saturated rings. The highest BCUT2D eigenvalue weighted by Crippen LogP contribution is 2.26. The van der Waals surface area contributed by atoms with Crippen molar-refractivity contribution in [1.29, 1.82) is 0 Å². The predicted octanol–water partition coefficient (Wildman–Crippen LogP) is 2.36. The van der Waals surface area contributed by atoms with E-state index in [0.29, 0.717) is 0 Å². The fourth-order valence-corrected chi connectivity index (χ4v) is 0.361. The van der Waals surface area contributed by atoms with Gasteiger partial charge in [0, 0.05) is 0 Å². The second-order valence-electron chi connectivity index (χ2n) is 1.45. The van der Waals surface area contributed by atoms with Crippen LogP contribution >= 0.6 is 0 Å². The van der Waals surface area contributed by atoms with Crippen LogP contribution in [0.2, 0.25) is 0 Å². The molecule has 0 amide bonds. The Bertz CT molecular complexity index is 54.4. The quantitative estimate of drug-likeness (QED) is 0.395. The Morgan fingerprint density at radius 1 is 1.50 bits per heavy atom. The lowest BCUT2D eigenvalue weighted by molar-refractivity contribution is 1.50. The van der Waals surface area contributed by atoms with Gasteiger partial charge in [0.05, 0.1) is 0 Å². The van der Waals surface area contributed by atoms with Gasteiger partial charge in [-0.3, -0.25) is 0 Å². The third-order valence-electron chi connectivity index (χ3n) is 0.947. The number of rotatable bonds is 0. The maximum Gasteiger partial charge on any atom is -0.0283 e. The van der Waals surface area contributed by atoms with E-state index in [1.165, 1.54) is 12.8 Å². The highest BCUT2D eigenvalue weighted by Gasteiger charge is 2.06. The molecule has 0 aliphatic heterocycles. The van der Waals surface area contributed by atoms with Crippen LogP contribution in [0.1, 0.15) is 27.2 Å². The molecule has 0 nitrogen and oxygen atoms in total. The first-order chi connectivity index (χ1) is 2.43. The van der Waals surface area contributed by atoms with Crippen LogP contribution in [0.25, 0.3) is 0 Å². The summed E-state index contributed by atoms with van der Waals surface area (Å²) in [6.45, 7) is 2.10. The molecule has 1 aliphatic rings. The molecule has 6 heavy (non-hydrogen) atoms. The molecule has 0 aromatic carbocycles. The van der Waals surface area contributed by atoms with Crippen LogP contribution in [-0.4, -0.2) is 0 Å². The molecular weight excluding hydrogens is 72.1 g/mol. The summed E-state index contributed by atoms with van der Waals surface area (Å²) in [7, 11) is 0. The van der Waals surface area contributed by atoms with Crippen LogP contribution in [0, 0.1) is 0 Å². The van der Waals surface area contributed by atoms with Gasteiger partial charge in [-0.15, -0.1) is 0 Å². The summed E-state index contributed by atoms with van der Waals surface area (Å²) in [5, 5.41) is 0. The third-order valence-corrected chi connectivity index (χ3v) is 0.947. The summed E-state index contributed by atoms with van der Waals surface area (Å²) in [5.74, 6) is 0. The van der Waals surface area contributed by atoms with E-state index >= 15 is 0 Å². The fraction of sp³-hybridized carbons (Fsp3) is 0.667. The van der Waals surface area contributed by atoms with E-state index in [1.54, 1.807) is 5.57 Å². The molecular formula is C6H12. The molecule has 0 atom stereocenters. The van der Waals surface area contributed by atoms with Crippen molar-refractivity contribution in [2.75, 3.05) is 0 Å². The first-order valence-corrected chi connectivity index (χ1v) is 2.07. The maximum absolute atomic E-state index is 2.19. The fourth-order valence-electron chi connectivity index (χ4n) is 0.361. The summed E-state index contributed by atoms with van der Waals surface area (Å²) in [5.41, 5.74) is 1.63. The number of hydrogen-bond donors (Lipinski definition) is 0. The Hall–Kier alpha value is -0.260. The summed E-state index contributed by atoms with van der Waals surface area (Å²) >= 11 is 0. The Morgan fingerprint density at radius 3 is 2.00 bits per heavy atom. The minimum atomic E-state index is 0. The zero-order chi connectivity index (χ0) is 3.70. The van der Waals surface area contributed by atoms with E-state index in [2.05, 4.69) is 13.0 Å². The molecule has 0 spiro atoms. The SMILES string of the molecule is C.CC=C1CC1. The largest absolute Gasteiger partial charge is 0.0884 e. The summed E-state index contributed by atoms with van der Waals surface area (Å²) in [6.07, 6.45) is 4.94. The second kappa shape index (κ2) is 2.01. The van der Waals surface area contributed by atoms with Gasteiger partial charge >= 0.3 is 0 Å². The van der Waals surface area contributed by atoms with Crippen LogP contribution < -0.4 is 0 Å². The van der Waals surface area contributed by atoms with Crippen molar-refractivity contribution in [2.24, 2.45) is 0 Å². The molecule has 0 aromatic heterocycles. The van der Waals surface area contributed by atoms with Crippen LogP contribution in [0.4, 0.5) is 0 Å². The molecule has 1 aliphatic carbocycles. The van der Waals surface area contributed by atoms with Gasteiger partial charge in [0.2, 0.25) is 0 Å². The molecule has 1 rings (SSSR count). The first kappa shape index (κ1) is 5.74. The average Bonchev–Trinajstić information content (AvgIpc) is 2.12. The van der Waals surface area contributed by atoms with Crippen LogP contribution in [0.15, 0.2) is 11.6 Å². The maximum atomic E-state index is 2.19. The van der Waals surface area contributed by atoms with Crippen LogP contribution in [-0.2, 0) is 0 Å². The Kier molecular flexibility index (Phi) is 1.93. The summed E-state index contributed by atoms with van der Waals surface area (Å²) < 4.78 is 0. The molecule has 0 heterocycles.